The Labute approximate surface area is 108 Å². The molecule has 1 aromatic heterocycles. The quantitative estimate of drug-likeness (QED) is 0.771. The Morgan fingerprint density at radius 1 is 1.47 bits per heavy atom. The molecule has 2 atom stereocenters. The summed E-state index contributed by atoms with van der Waals surface area (Å²) in [5.41, 5.74) is -0.414. The topological polar surface area (TPSA) is 99.7 Å². The van der Waals surface area contributed by atoms with Gasteiger partial charge in [0.1, 0.15) is 11.5 Å². The van der Waals surface area contributed by atoms with Crippen LogP contribution in [0.5, 0.6) is 0 Å². The smallest absolute Gasteiger partial charge is 0.311 e. The molecule has 0 aromatic carbocycles. The molecule has 0 aliphatic carbocycles. The van der Waals surface area contributed by atoms with E-state index in [1.165, 1.54) is 30.4 Å². The van der Waals surface area contributed by atoms with Gasteiger partial charge in [-0.3, -0.25) is 14.4 Å². The normalized spacial score (nSPS) is 22.2. The van der Waals surface area contributed by atoms with Crippen LogP contribution in [0.2, 0.25) is 0 Å². The number of nitrogens with one attached hydrogen (secondary N) is 1. The first-order chi connectivity index (χ1) is 9.02. The highest BCUT2D eigenvalue weighted by Crippen LogP contribution is 2.20. The molecule has 1 aromatic rings. The van der Waals surface area contributed by atoms with Gasteiger partial charge in [0.25, 0.3) is 5.91 Å². The molecule has 1 amide bonds. The van der Waals surface area contributed by atoms with Gasteiger partial charge in [-0.15, -0.1) is 0 Å². The van der Waals surface area contributed by atoms with Crippen LogP contribution in [0.1, 0.15) is 10.4 Å². The zero-order valence-electron chi connectivity index (χ0n) is 10.3. The molecule has 7 nitrogen and oxygen atoms in total. The maximum atomic E-state index is 12.2. The Morgan fingerprint density at radius 3 is 2.84 bits per heavy atom. The van der Waals surface area contributed by atoms with Crippen LogP contribution in [-0.2, 0) is 9.53 Å². The van der Waals surface area contributed by atoms with Crippen LogP contribution in [0.25, 0.3) is 0 Å². The van der Waals surface area contributed by atoms with E-state index in [0.717, 1.165) is 0 Å². The number of aromatic nitrogens is 1. The first-order valence-corrected chi connectivity index (χ1v) is 5.77. The van der Waals surface area contributed by atoms with Crippen molar-refractivity contribution < 1.29 is 19.4 Å². The van der Waals surface area contributed by atoms with Crippen LogP contribution < -0.4 is 5.43 Å². The van der Waals surface area contributed by atoms with E-state index in [9.17, 15) is 14.4 Å². The number of pyridine rings is 1. The Bertz CT molecular complexity index is 553. The van der Waals surface area contributed by atoms with E-state index in [4.69, 9.17) is 9.84 Å². The molecule has 2 rings (SSSR count). The summed E-state index contributed by atoms with van der Waals surface area (Å²) in [6, 6.07) is 0.686. The highest BCUT2D eigenvalue weighted by molar-refractivity contribution is 5.94. The first kappa shape index (κ1) is 13.3. The van der Waals surface area contributed by atoms with Gasteiger partial charge < -0.3 is 19.7 Å². The molecule has 0 spiro atoms. The fourth-order valence-corrected chi connectivity index (χ4v) is 2.08. The van der Waals surface area contributed by atoms with Crippen molar-refractivity contribution in [1.29, 1.82) is 0 Å². The number of amides is 1. The van der Waals surface area contributed by atoms with E-state index in [0.29, 0.717) is 0 Å². The number of H-pyrrole nitrogens is 1. The molecule has 0 saturated carbocycles. The Hall–Kier alpha value is -2.15. The molecule has 2 heterocycles. The van der Waals surface area contributed by atoms with Crippen molar-refractivity contribution in [3.8, 4) is 0 Å². The van der Waals surface area contributed by atoms with E-state index >= 15 is 0 Å². The summed E-state index contributed by atoms with van der Waals surface area (Å²) in [5.74, 6) is -2.29. The number of likely N-dealkylation sites (N-methyl/N-ethyl adjacent to an activating group) is 1. The van der Waals surface area contributed by atoms with Crippen LogP contribution in [0.4, 0.5) is 0 Å². The molecule has 2 N–H and O–H groups in total. The zero-order valence-corrected chi connectivity index (χ0v) is 10.3. The predicted octanol–water partition coefficient (Wildman–Crippen LogP) is -0.453. The molecule has 19 heavy (non-hydrogen) atoms. The van der Waals surface area contributed by atoms with Gasteiger partial charge in [0.15, 0.2) is 5.43 Å². The van der Waals surface area contributed by atoms with Crippen molar-refractivity contribution in [1.82, 2.24) is 9.88 Å². The van der Waals surface area contributed by atoms with Crippen molar-refractivity contribution >= 4 is 11.9 Å². The molecule has 1 aliphatic heterocycles. The largest absolute Gasteiger partial charge is 0.481 e. The average molecular weight is 266 g/mol. The molecule has 1 saturated heterocycles. The highest BCUT2D eigenvalue weighted by Gasteiger charge is 2.38. The molecular weight excluding hydrogens is 252 g/mol. The van der Waals surface area contributed by atoms with Gasteiger partial charge in [-0.1, -0.05) is 0 Å². The lowest BCUT2D eigenvalue weighted by Gasteiger charge is -2.26. The van der Waals surface area contributed by atoms with Gasteiger partial charge in [-0.25, -0.2) is 0 Å². The van der Waals surface area contributed by atoms with Gasteiger partial charge in [0, 0.05) is 25.5 Å². The fraction of sp³-hybridized carbons (Fsp3) is 0.417. The summed E-state index contributed by atoms with van der Waals surface area (Å²) in [6.45, 7) is 0.229. The van der Waals surface area contributed by atoms with Gasteiger partial charge in [0.05, 0.1) is 19.3 Å². The van der Waals surface area contributed by atoms with Crippen molar-refractivity contribution in [2.75, 3.05) is 20.3 Å². The fourth-order valence-electron chi connectivity index (χ4n) is 2.08. The lowest BCUT2D eigenvalue weighted by atomic mass is 10.0. The molecule has 0 radical (unpaired) electrons. The van der Waals surface area contributed by atoms with Crippen LogP contribution in [0, 0.1) is 5.92 Å². The first-order valence-electron chi connectivity index (χ1n) is 5.77. The summed E-state index contributed by atoms with van der Waals surface area (Å²) in [5, 5.41) is 9.05. The van der Waals surface area contributed by atoms with E-state index in [1.54, 1.807) is 0 Å². The van der Waals surface area contributed by atoms with Crippen LogP contribution >= 0.6 is 0 Å². The second-order valence-corrected chi connectivity index (χ2v) is 4.39. The summed E-state index contributed by atoms with van der Waals surface area (Å²) >= 11 is 0. The summed E-state index contributed by atoms with van der Waals surface area (Å²) in [7, 11) is 1.48. The lowest BCUT2D eigenvalue weighted by Crippen LogP contribution is -2.45. The predicted molar refractivity (Wildman–Crippen MR) is 64.9 cm³/mol. The monoisotopic (exact) mass is 266 g/mol. The van der Waals surface area contributed by atoms with E-state index in [2.05, 4.69) is 4.98 Å². The Kier molecular flexibility index (Phi) is 3.66. The minimum Gasteiger partial charge on any atom is -0.481 e. The number of carboxylic acids is 1. The number of hydrogen-bond acceptors (Lipinski definition) is 4. The molecule has 1 aliphatic rings. The summed E-state index contributed by atoms with van der Waals surface area (Å²) < 4.78 is 5.11. The number of nitrogens with zero attached hydrogens (tertiary/aromatic N) is 1. The number of carbonyl (C=O) groups excluding carboxylic acids is 1. The summed E-state index contributed by atoms with van der Waals surface area (Å²) in [4.78, 5) is 38.7. The molecule has 2 unspecified atom stereocenters. The maximum absolute atomic E-state index is 12.2. The third-order valence-corrected chi connectivity index (χ3v) is 3.24. The van der Waals surface area contributed by atoms with Gasteiger partial charge in [-0.05, 0) is 0 Å². The zero-order chi connectivity index (χ0) is 14.0. The van der Waals surface area contributed by atoms with E-state index < -0.39 is 29.3 Å². The average Bonchev–Trinajstić information content (AvgIpc) is 2.87. The van der Waals surface area contributed by atoms with Crippen LogP contribution in [0.15, 0.2) is 23.3 Å². The van der Waals surface area contributed by atoms with Crippen molar-refractivity contribution in [2.24, 2.45) is 5.92 Å². The van der Waals surface area contributed by atoms with Crippen molar-refractivity contribution in [3.05, 3.63) is 34.2 Å². The number of carbonyl (C=O) groups is 2. The van der Waals surface area contributed by atoms with Gasteiger partial charge >= 0.3 is 5.97 Å². The minimum absolute atomic E-state index is 0.0129. The van der Waals surface area contributed by atoms with Crippen molar-refractivity contribution in [2.45, 2.75) is 6.04 Å². The number of aliphatic carboxylic acids is 1. The number of carboxylic acid groups (broad SMARTS) is 1. The number of rotatable bonds is 3. The number of aromatic amines is 1. The third-order valence-electron chi connectivity index (χ3n) is 3.24. The van der Waals surface area contributed by atoms with E-state index in [1.807, 2.05) is 0 Å². The lowest BCUT2D eigenvalue weighted by molar-refractivity contribution is -0.142. The second-order valence-electron chi connectivity index (χ2n) is 4.39. The molecule has 0 bridgehead atoms. The van der Waals surface area contributed by atoms with E-state index in [-0.39, 0.29) is 18.8 Å². The third kappa shape index (κ3) is 2.50. The number of ether oxygens (including phenoxy) is 1. The molecular formula is C12H14N2O5. The SMILES string of the molecule is CN(C(=O)c1c[nH]ccc1=O)C1COCC1C(=O)O. The second kappa shape index (κ2) is 5.23. The highest BCUT2D eigenvalue weighted by atomic mass is 16.5. The number of hydrogen-bond donors (Lipinski definition) is 2. The maximum Gasteiger partial charge on any atom is 0.311 e. The van der Waals surface area contributed by atoms with Crippen molar-refractivity contribution in [3.63, 3.8) is 0 Å². The van der Waals surface area contributed by atoms with Crippen LogP contribution in [-0.4, -0.2) is 53.2 Å². The molecule has 7 heteroatoms. The Morgan fingerprint density at radius 2 is 2.21 bits per heavy atom. The summed E-state index contributed by atoms with van der Waals surface area (Å²) in [6.07, 6.45) is 2.74. The van der Waals surface area contributed by atoms with Gasteiger partial charge in [0.2, 0.25) is 0 Å². The van der Waals surface area contributed by atoms with Gasteiger partial charge in [-0.2, -0.15) is 0 Å². The minimum atomic E-state index is -1.01. The molecule has 102 valence electrons. The Balaban J connectivity index is 2.22. The van der Waals surface area contributed by atoms with Crippen LogP contribution in [0.3, 0.4) is 0 Å². The standard InChI is InChI=1S/C12H14N2O5/c1-14(9-6-19-5-8(9)12(17)18)11(16)7-4-13-3-2-10(7)15/h2-4,8-9H,5-6H2,1H3,(H,13,15)(H,17,18). The molecule has 1 fully saturated rings.